The van der Waals surface area contributed by atoms with Crippen molar-refractivity contribution in [3.05, 3.63) is 36.7 Å². The number of hydrogen-bond donors (Lipinski definition) is 0. The van der Waals surface area contributed by atoms with Gasteiger partial charge in [-0.05, 0) is 43.2 Å². The fourth-order valence-electron chi connectivity index (χ4n) is 3.25. The van der Waals surface area contributed by atoms with Crippen LogP contribution in [-0.2, 0) is 0 Å². The second kappa shape index (κ2) is 6.40. The van der Waals surface area contributed by atoms with E-state index < -0.39 is 0 Å². The Labute approximate surface area is 145 Å². The maximum Gasteiger partial charge on any atom is 0.200 e. The third-order valence-electron chi connectivity index (χ3n) is 4.58. The van der Waals surface area contributed by atoms with Crippen molar-refractivity contribution in [3.8, 4) is 23.1 Å². The first kappa shape index (κ1) is 15.4. The summed E-state index contributed by atoms with van der Waals surface area (Å²) in [6.07, 6.45) is 3.56. The molecule has 7 nitrogen and oxygen atoms in total. The van der Waals surface area contributed by atoms with E-state index >= 15 is 0 Å². The molecule has 1 aromatic carbocycles. The molecule has 0 radical (unpaired) electrons. The molecule has 0 bridgehead atoms. The van der Waals surface area contributed by atoms with Gasteiger partial charge in [-0.2, -0.15) is 14.9 Å². The number of nitriles is 1. The lowest BCUT2D eigenvalue weighted by Crippen LogP contribution is -2.35. The summed E-state index contributed by atoms with van der Waals surface area (Å²) in [5.74, 6) is 0.858. The summed E-state index contributed by atoms with van der Waals surface area (Å²) in [5.41, 5.74) is 3.52. The van der Waals surface area contributed by atoms with Crippen molar-refractivity contribution in [1.82, 2.24) is 19.8 Å². The topological polar surface area (TPSA) is 79.3 Å². The molecule has 1 fully saturated rings. The molecule has 7 heteroatoms. The molecule has 0 aliphatic carbocycles. The van der Waals surface area contributed by atoms with Crippen molar-refractivity contribution < 1.29 is 4.74 Å². The van der Waals surface area contributed by atoms with E-state index in [0.717, 1.165) is 47.7 Å². The lowest BCUT2D eigenvalue weighted by atomic mass is 9.99. The number of anilines is 1. The lowest BCUT2D eigenvalue weighted by molar-refractivity contribution is 0.415. The molecule has 1 atom stereocenters. The number of aromatic nitrogens is 4. The number of fused-ring (bicyclic) bond motifs is 1. The molecule has 0 N–H and O–H groups in total. The van der Waals surface area contributed by atoms with E-state index in [-0.39, 0.29) is 5.92 Å². The van der Waals surface area contributed by atoms with Crippen LogP contribution >= 0.6 is 0 Å². The van der Waals surface area contributed by atoms with Gasteiger partial charge in [0.05, 0.1) is 30.5 Å². The fraction of sp³-hybridized carbons (Fsp3) is 0.333. The van der Waals surface area contributed by atoms with Crippen molar-refractivity contribution in [2.45, 2.75) is 12.8 Å². The Kier molecular flexibility index (Phi) is 3.94. The zero-order valence-corrected chi connectivity index (χ0v) is 14.0. The average Bonchev–Trinajstić information content (AvgIpc) is 3.16. The summed E-state index contributed by atoms with van der Waals surface area (Å²) >= 11 is 0. The summed E-state index contributed by atoms with van der Waals surface area (Å²) in [5, 5.41) is 22.1. The van der Waals surface area contributed by atoms with E-state index in [0.29, 0.717) is 6.54 Å². The Bertz CT molecular complexity index is 927. The first-order chi connectivity index (χ1) is 12.3. The minimum atomic E-state index is 0.0503. The van der Waals surface area contributed by atoms with Gasteiger partial charge in [0, 0.05) is 18.7 Å². The normalized spacial score (nSPS) is 17.4. The third-order valence-corrected chi connectivity index (χ3v) is 4.58. The van der Waals surface area contributed by atoms with Gasteiger partial charge in [0.2, 0.25) is 5.65 Å². The first-order valence-electron chi connectivity index (χ1n) is 8.28. The van der Waals surface area contributed by atoms with E-state index in [1.807, 2.05) is 30.3 Å². The quantitative estimate of drug-likeness (QED) is 0.732. The number of ether oxygens (including phenoxy) is 1. The Morgan fingerprint density at radius 3 is 2.88 bits per heavy atom. The maximum absolute atomic E-state index is 9.28. The standard InChI is InChI=1S/C18H18N6O/c1-25-15-6-4-14(5-7-15)16-9-17(18-21-20-12-24(18)22-16)23-8-2-3-13(10-19)11-23/h4-7,9,12-13H,2-3,8,11H2,1H3. The Morgan fingerprint density at radius 2 is 2.12 bits per heavy atom. The Hall–Kier alpha value is -3.14. The van der Waals surface area contributed by atoms with Crippen LogP contribution in [0.1, 0.15) is 12.8 Å². The minimum Gasteiger partial charge on any atom is -0.497 e. The van der Waals surface area contributed by atoms with Crippen LogP contribution in [0, 0.1) is 17.2 Å². The molecule has 2 aromatic heterocycles. The van der Waals surface area contributed by atoms with Crippen LogP contribution in [-0.4, -0.2) is 40.0 Å². The van der Waals surface area contributed by atoms with E-state index in [1.54, 1.807) is 18.0 Å². The summed E-state index contributed by atoms with van der Waals surface area (Å²) < 4.78 is 6.92. The van der Waals surface area contributed by atoms with Crippen LogP contribution in [0.4, 0.5) is 5.69 Å². The third kappa shape index (κ3) is 2.87. The molecule has 126 valence electrons. The van der Waals surface area contributed by atoms with Gasteiger partial charge in [0.15, 0.2) is 0 Å². The Morgan fingerprint density at radius 1 is 1.28 bits per heavy atom. The molecule has 4 rings (SSSR count). The molecular formula is C18H18N6O. The molecule has 1 aliphatic heterocycles. The van der Waals surface area contributed by atoms with Gasteiger partial charge in [-0.15, -0.1) is 10.2 Å². The zero-order valence-electron chi connectivity index (χ0n) is 14.0. The number of nitrogens with zero attached hydrogens (tertiary/aromatic N) is 6. The van der Waals surface area contributed by atoms with Gasteiger partial charge >= 0.3 is 0 Å². The first-order valence-corrected chi connectivity index (χ1v) is 8.28. The fourth-order valence-corrected chi connectivity index (χ4v) is 3.25. The molecule has 3 aromatic rings. The number of piperidine rings is 1. The van der Waals surface area contributed by atoms with Crippen LogP contribution in [0.2, 0.25) is 0 Å². The monoisotopic (exact) mass is 334 g/mol. The van der Waals surface area contributed by atoms with E-state index in [4.69, 9.17) is 4.74 Å². The highest BCUT2D eigenvalue weighted by molar-refractivity contribution is 5.74. The van der Waals surface area contributed by atoms with Crippen LogP contribution in [0.5, 0.6) is 5.75 Å². The Balaban J connectivity index is 1.78. The minimum absolute atomic E-state index is 0.0503. The number of hydrogen-bond acceptors (Lipinski definition) is 6. The van der Waals surface area contributed by atoms with Gasteiger partial charge in [-0.3, -0.25) is 0 Å². The molecule has 0 saturated carbocycles. The van der Waals surface area contributed by atoms with Gasteiger partial charge in [-0.25, -0.2) is 0 Å². The predicted molar refractivity (Wildman–Crippen MR) is 93.3 cm³/mol. The van der Waals surface area contributed by atoms with Gasteiger partial charge in [0.1, 0.15) is 12.1 Å². The smallest absolute Gasteiger partial charge is 0.200 e. The van der Waals surface area contributed by atoms with Crippen molar-refractivity contribution in [2.75, 3.05) is 25.1 Å². The number of rotatable bonds is 3. The lowest BCUT2D eigenvalue weighted by Gasteiger charge is -2.31. The van der Waals surface area contributed by atoms with Gasteiger partial charge in [-0.1, -0.05) is 0 Å². The summed E-state index contributed by atoms with van der Waals surface area (Å²) in [7, 11) is 1.65. The predicted octanol–water partition coefficient (Wildman–Crippen LogP) is 2.54. The van der Waals surface area contributed by atoms with E-state index in [2.05, 4.69) is 26.3 Å². The molecule has 1 saturated heterocycles. The maximum atomic E-state index is 9.28. The van der Waals surface area contributed by atoms with Crippen molar-refractivity contribution >= 4 is 11.3 Å². The van der Waals surface area contributed by atoms with Crippen LogP contribution < -0.4 is 9.64 Å². The molecular weight excluding hydrogens is 316 g/mol. The van der Waals surface area contributed by atoms with Crippen LogP contribution in [0.15, 0.2) is 36.7 Å². The molecule has 0 spiro atoms. The van der Waals surface area contributed by atoms with Crippen molar-refractivity contribution in [1.29, 1.82) is 5.26 Å². The summed E-state index contributed by atoms with van der Waals surface area (Å²) in [6, 6.07) is 12.2. The SMILES string of the molecule is COc1ccc(-c2cc(N3CCCC(C#N)C3)c3nncn3n2)cc1. The molecule has 1 aliphatic rings. The summed E-state index contributed by atoms with van der Waals surface area (Å²) in [6.45, 7) is 1.62. The number of benzene rings is 1. The van der Waals surface area contributed by atoms with Gasteiger partial charge in [0.25, 0.3) is 0 Å². The highest BCUT2D eigenvalue weighted by atomic mass is 16.5. The highest BCUT2D eigenvalue weighted by Crippen LogP contribution is 2.30. The zero-order chi connectivity index (χ0) is 17.2. The van der Waals surface area contributed by atoms with Crippen LogP contribution in [0.3, 0.4) is 0 Å². The molecule has 3 heterocycles. The van der Waals surface area contributed by atoms with E-state index in [9.17, 15) is 5.26 Å². The van der Waals surface area contributed by atoms with Crippen molar-refractivity contribution in [3.63, 3.8) is 0 Å². The molecule has 25 heavy (non-hydrogen) atoms. The largest absolute Gasteiger partial charge is 0.497 e. The van der Waals surface area contributed by atoms with E-state index in [1.165, 1.54) is 0 Å². The van der Waals surface area contributed by atoms with Gasteiger partial charge < -0.3 is 9.64 Å². The number of methoxy groups -OCH3 is 1. The second-order valence-corrected chi connectivity index (χ2v) is 6.16. The second-order valence-electron chi connectivity index (χ2n) is 6.16. The highest BCUT2D eigenvalue weighted by Gasteiger charge is 2.23. The molecule has 1 unspecified atom stereocenters. The average molecular weight is 334 g/mol. The van der Waals surface area contributed by atoms with Crippen molar-refractivity contribution in [2.24, 2.45) is 5.92 Å². The van der Waals surface area contributed by atoms with Crippen LogP contribution in [0.25, 0.3) is 16.9 Å². The summed E-state index contributed by atoms with van der Waals surface area (Å²) in [4.78, 5) is 2.22. The molecule has 0 amide bonds.